The van der Waals surface area contributed by atoms with Gasteiger partial charge in [0.05, 0.1) is 5.52 Å². The molecule has 0 aliphatic rings. The van der Waals surface area contributed by atoms with Crippen LogP contribution in [0, 0.1) is 5.82 Å². The van der Waals surface area contributed by atoms with Gasteiger partial charge in [0.15, 0.2) is 0 Å². The zero-order chi connectivity index (χ0) is 11.7. The summed E-state index contributed by atoms with van der Waals surface area (Å²) in [5, 5.41) is 25.6. The molecule has 7 heteroatoms. The van der Waals surface area contributed by atoms with Crippen LogP contribution in [0.1, 0.15) is 13.3 Å². The van der Waals surface area contributed by atoms with E-state index in [4.69, 9.17) is 10.0 Å². The van der Waals surface area contributed by atoms with Gasteiger partial charge in [-0.3, -0.25) is 0 Å². The second-order valence-electron chi connectivity index (χ2n) is 3.55. The normalized spacial score (nSPS) is 11.0. The molecule has 1 heterocycles. The molecule has 0 amide bonds. The zero-order valence-corrected chi connectivity index (χ0v) is 8.76. The Morgan fingerprint density at radius 1 is 1.44 bits per heavy atom. The van der Waals surface area contributed by atoms with E-state index in [9.17, 15) is 4.39 Å². The van der Waals surface area contributed by atoms with Crippen molar-refractivity contribution in [1.82, 2.24) is 15.0 Å². The molecule has 0 saturated heterocycles. The number of aryl methyl sites for hydroxylation is 1. The lowest BCUT2D eigenvalue weighted by Crippen LogP contribution is -2.32. The standard InChI is InChI=1S/C9H11BFN3O2/c1-2-3-14-9-5-7(11)6(10(15)16)4-8(9)12-13-14/h4-5,15-16H,2-3H2,1H3. The summed E-state index contributed by atoms with van der Waals surface area (Å²) in [5.74, 6) is -0.665. The molecule has 2 N–H and O–H groups in total. The van der Waals surface area contributed by atoms with Crippen molar-refractivity contribution in [1.29, 1.82) is 0 Å². The number of rotatable bonds is 3. The quantitative estimate of drug-likeness (QED) is 0.698. The molecule has 0 aliphatic heterocycles. The minimum atomic E-state index is -1.83. The van der Waals surface area contributed by atoms with E-state index in [0.717, 1.165) is 6.42 Å². The fraction of sp³-hybridized carbons (Fsp3) is 0.333. The molecule has 0 aliphatic carbocycles. The fourth-order valence-corrected chi connectivity index (χ4v) is 1.58. The van der Waals surface area contributed by atoms with E-state index in [1.807, 2.05) is 6.92 Å². The van der Waals surface area contributed by atoms with Crippen molar-refractivity contribution in [2.24, 2.45) is 0 Å². The highest BCUT2D eigenvalue weighted by molar-refractivity contribution is 6.59. The highest BCUT2D eigenvalue weighted by atomic mass is 19.1. The molecule has 0 radical (unpaired) electrons. The van der Waals surface area contributed by atoms with Crippen molar-refractivity contribution < 1.29 is 14.4 Å². The second kappa shape index (κ2) is 4.19. The Hall–Kier alpha value is -1.47. The lowest BCUT2D eigenvalue weighted by Gasteiger charge is -2.02. The summed E-state index contributed by atoms with van der Waals surface area (Å²) < 4.78 is 15.1. The van der Waals surface area contributed by atoms with E-state index in [1.165, 1.54) is 12.1 Å². The number of nitrogens with zero attached hydrogens (tertiary/aromatic N) is 3. The number of hydrogen-bond acceptors (Lipinski definition) is 4. The summed E-state index contributed by atoms with van der Waals surface area (Å²) >= 11 is 0. The maximum absolute atomic E-state index is 13.5. The van der Waals surface area contributed by atoms with Crippen LogP contribution in [-0.2, 0) is 6.54 Å². The fourth-order valence-electron chi connectivity index (χ4n) is 1.58. The first-order chi connectivity index (χ1) is 7.63. The van der Waals surface area contributed by atoms with Crippen LogP contribution in [0.15, 0.2) is 12.1 Å². The molecule has 84 valence electrons. The van der Waals surface area contributed by atoms with Crippen LogP contribution >= 0.6 is 0 Å². The van der Waals surface area contributed by atoms with Crippen molar-refractivity contribution in [3.8, 4) is 0 Å². The number of aromatic nitrogens is 3. The molecule has 0 fully saturated rings. The first-order valence-electron chi connectivity index (χ1n) is 5.02. The zero-order valence-electron chi connectivity index (χ0n) is 8.76. The van der Waals surface area contributed by atoms with Gasteiger partial charge in [-0.1, -0.05) is 12.1 Å². The van der Waals surface area contributed by atoms with Gasteiger partial charge < -0.3 is 10.0 Å². The third kappa shape index (κ3) is 1.79. The van der Waals surface area contributed by atoms with Gasteiger partial charge in [0.25, 0.3) is 0 Å². The van der Waals surface area contributed by atoms with Crippen molar-refractivity contribution in [3.05, 3.63) is 17.9 Å². The molecule has 16 heavy (non-hydrogen) atoms. The summed E-state index contributed by atoms with van der Waals surface area (Å²) in [5.41, 5.74) is 0.831. The van der Waals surface area contributed by atoms with Gasteiger partial charge in [0.2, 0.25) is 0 Å². The SMILES string of the molecule is CCCn1nnc2cc(B(O)O)c(F)cc21. The minimum Gasteiger partial charge on any atom is -0.423 e. The number of halogens is 1. The van der Waals surface area contributed by atoms with Crippen LogP contribution in [0.4, 0.5) is 4.39 Å². The summed E-state index contributed by atoms with van der Waals surface area (Å²) in [6.07, 6.45) is 0.866. The largest absolute Gasteiger partial charge is 0.491 e. The summed E-state index contributed by atoms with van der Waals surface area (Å²) in [7, 11) is -1.83. The Balaban J connectivity index is 2.57. The number of hydrogen-bond donors (Lipinski definition) is 2. The molecule has 2 rings (SSSR count). The summed E-state index contributed by atoms with van der Waals surface area (Å²) in [6.45, 7) is 2.63. The Bertz CT molecular complexity index is 515. The molecule has 0 spiro atoms. The molecule has 1 aromatic heterocycles. The number of benzene rings is 1. The first-order valence-corrected chi connectivity index (χ1v) is 5.02. The molecule has 5 nitrogen and oxygen atoms in total. The Labute approximate surface area is 91.6 Å². The van der Waals surface area contributed by atoms with Crippen LogP contribution in [0.5, 0.6) is 0 Å². The predicted molar refractivity (Wildman–Crippen MR) is 57.6 cm³/mol. The van der Waals surface area contributed by atoms with Gasteiger partial charge in [0.1, 0.15) is 11.3 Å². The average molecular weight is 223 g/mol. The topological polar surface area (TPSA) is 71.2 Å². The molecule has 2 aromatic rings. The van der Waals surface area contributed by atoms with Crippen LogP contribution in [0.2, 0.25) is 0 Å². The van der Waals surface area contributed by atoms with Crippen LogP contribution in [0.25, 0.3) is 11.0 Å². The molecule has 0 saturated carbocycles. The van der Waals surface area contributed by atoms with Gasteiger partial charge in [-0.05, 0) is 12.5 Å². The Morgan fingerprint density at radius 2 is 2.19 bits per heavy atom. The number of fused-ring (bicyclic) bond motifs is 1. The van der Waals surface area contributed by atoms with Crippen molar-refractivity contribution in [3.63, 3.8) is 0 Å². The third-order valence-corrected chi connectivity index (χ3v) is 2.35. The average Bonchev–Trinajstić information content (AvgIpc) is 2.60. The predicted octanol–water partition coefficient (Wildman–Crippen LogP) is -0.340. The van der Waals surface area contributed by atoms with E-state index >= 15 is 0 Å². The monoisotopic (exact) mass is 223 g/mol. The molecule has 0 unspecified atom stereocenters. The van der Waals surface area contributed by atoms with Crippen molar-refractivity contribution in [2.45, 2.75) is 19.9 Å². The van der Waals surface area contributed by atoms with Gasteiger partial charge >= 0.3 is 7.12 Å². The smallest absolute Gasteiger partial charge is 0.423 e. The third-order valence-electron chi connectivity index (χ3n) is 2.35. The molecular formula is C9H11BFN3O2. The summed E-state index contributed by atoms with van der Waals surface area (Å²) in [4.78, 5) is 0. The lowest BCUT2D eigenvalue weighted by atomic mass is 9.79. The van der Waals surface area contributed by atoms with E-state index in [2.05, 4.69) is 10.3 Å². The van der Waals surface area contributed by atoms with Crippen LogP contribution in [-0.4, -0.2) is 32.2 Å². The van der Waals surface area contributed by atoms with Gasteiger partial charge in [-0.15, -0.1) is 5.10 Å². The van der Waals surface area contributed by atoms with Crippen LogP contribution in [0.3, 0.4) is 0 Å². The maximum atomic E-state index is 13.5. The highest BCUT2D eigenvalue weighted by Crippen LogP contribution is 2.12. The Morgan fingerprint density at radius 3 is 2.81 bits per heavy atom. The van der Waals surface area contributed by atoms with Crippen molar-refractivity contribution in [2.75, 3.05) is 0 Å². The van der Waals surface area contributed by atoms with E-state index in [1.54, 1.807) is 4.68 Å². The summed E-state index contributed by atoms with van der Waals surface area (Å²) in [6, 6.07) is 2.52. The Kier molecular flexibility index (Phi) is 2.89. The minimum absolute atomic E-state index is 0.184. The van der Waals surface area contributed by atoms with E-state index in [-0.39, 0.29) is 5.46 Å². The van der Waals surface area contributed by atoms with Gasteiger partial charge in [0, 0.05) is 18.1 Å². The molecule has 0 atom stereocenters. The second-order valence-corrected chi connectivity index (χ2v) is 3.55. The highest BCUT2D eigenvalue weighted by Gasteiger charge is 2.19. The maximum Gasteiger partial charge on any atom is 0.491 e. The first kappa shape index (κ1) is 11.0. The molecular weight excluding hydrogens is 212 g/mol. The molecule has 1 aromatic carbocycles. The van der Waals surface area contributed by atoms with Gasteiger partial charge in [-0.2, -0.15) is 0 Å². The van der Waals surface area contributed by atoms with Gasteiger partial charge in [-0.25, -0.2) is 9.07 Å². The lowest BCUT2D eigenvalue weighted by molar-refractivity contribution is 0.423. The van der Waals surface area contributed by atoms with E-state index < -0.39 is 12.9 Å². The van der Waals surface area contributed by atoms with Crippen molar-refractivity contribution >= 4 is 23.6 Å². The van der Waals surface area contributed by atoms with E-state index in [0.29, 0.717) is 17.6 Å². The molecule has 0 bridgehead atoms. The van der Waals surface area contributed by atoms with Crippen LogP contribution < -0.4 is 5.46 Å².